The van der Waals surface area contributed by atoms with Gasteiger partial charge in [0.15, 0.2) is 6.10 Å². The molecule has 0 N–H and O–H groups in total. The third-order valence-electron chi connectivity index (χ3n) is 1.45. The topological polar surface area (TPSA) is 39.4 Å². The monoisotopic (exact) mass is 178 g/mol. The van der Waals surface area contributed by atoms with E-state index in [4.69, 9.17) is 9.15 Å². The van der Waals surface area contributed by atoms with Crippen molar-refractivity contribution in [2.45, 2.75) is 6.10 Å². The van der Waals surface area contributed by atoms with Gasteiger partial charge < -0.3 is 9.15 Å². The van der Waals surface area contributed by atoms with Crippen molar-refractivity contribution < 1.29 is 13.9 Å². The molecule has 0 aliphatic carbocycles. The summed E-state index contributed by atoms with van der Waals surface area (Å²) in [5.74, 6) is 0.0477. The predicted octanol–water partition coefficient (Wildman–Crippen LogP) is 2.24. The summed E-state index contributed by atoms with van der Waals surface area (Å²) < 4.78 is 9.97. The molecule has 0 saturated heterocycles. The summed E-state index contributed by atoms with van der Waals surface area (Å²) in [6.45, 7) is 6.82. The molecular weight excluding hydrogens is 168 g/mol. The Labute approximate surface area is 76.3 Å². The van der Waals surface area contributed by atoms with Crippen LogP contribution in [0.2, 0.25) is 0 Å². The van der Waals surface area contributed by atoms with E-state index in [0.717, 1.165) is 6.08 Å². The fourth-order valence-corrected chi connectivity index (χ4v) is 0.849. The van der Waals surface area contributed by atoms with Crippen molar-refractivity contribution in [2.24, 2.45) is 0 Å². The van der Waals surface area contributed by atoms with Gasteiger partial charge >= 0.3 is 5.97 Å². The molecular formula is C10H10O3. The molecule has 0 amide bonds. The minimum atomic E-state index is -0.541. The highest BCUT2D eigenvalue weighted by atomic mass is 16.5. The number of hydrogen-bond acceptors (Lipinski definition) is 3. The molecule has 1 aromatic rings. The van der Waals surface area contributed by atoms with Crippen LogP contribution >= 0.6 is 0 Å². The summed E-state index contributed by atoms with van der Waals surface area (Å²) in [6, 6.07) is 3.43. The molecule has 0 unspecified atom stereocenters. The van der Waals surface area contributed by atoms with Crippen LogP contribution in [0.5, 0.6) is 0 Å². The lowest BCUT2D eigenvalue weighted by Crippen LogP contribution is -2.05. The number of ether oxygens (including phenoxy) is 1. The summed E-state index contributed by atoms with van der Waals surface area (Å²) in [5, 5.41) is 0. The lowest BCUT2D eigenvalue weighted by atomic mass is 10.3. The molecule has 0 aromatic carbocycles. The van der Waals surface area contributed by atoms with Gasteiger partial charge in [-0.1, -0.05) is 13.2 Å². The van der Waals surface area contributed by atoms with Crippen molar-refractivity contribution in [3.8, 4) is 0 Å². The van der Waals surface area contributed by atoms with Gasteiger partial charge in [-0.15, -0.1) is 0 Å². The highest BCUT2D eigenvalue weighted by molar-refractivity contribution is 5.81. The minimum absolute atomic E-state index is 0.499. The van der Waals surface area contributed by atoms with Crippen LogP contribution in [0.25, 0.3) is 0 Å². The average molecular weight is 178 g/mol. The Morgan fingerprint density at radius 2 is 2.38 bits per heavy atom. The highest BCUT2D eigenvalue weighted by Crippen LogP contribution is 2.18. The highest BCUT2D eigenvalue weighted by Gasteiger charge is 2.13. The number of rotatable bonds is 4. The number of hydrogen-bond donors (Lipinski definition) is 0. The second-order valence-electron chi connectivity index (χ2n) is 2.31. The second kappa shape index (κ2) is 4.30. The van der Waals surface area contributed by atoms with Crippen molar-refractivity contribution in [1.29, 1.82) is 0 Å². The zero-order chi connectivity index (χ0) is 9.68. The maximum Gasteiger partial charge on any atom is 0.331 e. The Kier molecular flexibility index (Phi) is 3.09. The molecule has 0 aliphatic rings. The van der Waals surface area contributed by atoms with Crippen LogP contribution in [0.1, 0.15) is 11.9 Å². The van der Waals surface area contributed by atoms with Crippen LogP contribution in [0.4, 0.5) is 0 Å². The predicted molar refractivity (Wildman–Crippen MR) is 47.9 cm³/mol. The Hall–Kier alpha value is -1.77. The first kappa shape index (κ1) is 9.32. The van der Waals surface area contributed by atoms with E-state index in [1.165, 1.54) is 12.3 Å². The standard InChI is InChI=1S/C10H10O3/c1-3-8(13-10(11)4-2)9-6-5-7-12-9/h3-8H,1-2H2/t8-/m0/s1. The zero-order valence-corrected chi connectivity index (χ0v) is 7.10. The van der Waals surface area contributed by atoms with Gasteiger partial charge in [-0.05, 0) is 18.2 Å². The van der Waals surface area contributed by atoms with Crippen LogP contribution in [0.3, 0.4) is 0 Å². The van der Waals surface area contributed by atoms with Crippen LogP contribution in [0.15, 0.2) is 48.1 Å². The first-order valence-electron chi connectivity index (χ1n) is 3.77. The molecule has 0 spiro atoms. The molecule has 1 aromatic heterocycles. The second-order valence-corrected chi connectivity index (χ2v) is 2.31. The summed E-state index contributed by atoms with van der Waals surface area (Å²) in [5.41, 5.74) is 0. The Morgan fingerprint density at radius 1 is 1.62 bits per heavy atom. The lowest BCUT2D eigenvalue weighted by molar-refractivity contribution is -0.141. The van der Waals surface area contributed by atoms with Crippen LogP contribution in [-0.2, 0) is 9.53 Å². The summed E-state index contributed by atoms with van der Waals surface area (Å²) in [4.78, 5) is 10.8. The quantitative estimate of drug-likeness (QED) is 0.403. The van der Waals surface area contributed by atoms with Crippen LogP contribution in [-0.4, -0.2) is 5.97 Å². The molecule has 68 valence electrons. The number of carbonyl (C=O) groups excluding carboxylic acids is 1. The van der Waals surface area contributed by atoms with Crippen molar-refractivity contribution >= 4 is 5.97 Å². The zero-order valence-electron chi connectivity index (χ0n) is 7.10. The van der Waals surface area contributed by atoms with Gasteiger partial charge in [-0.2, -0.15) is 0 Å². The Bertz CT molecular complexity index is 298. The first-order chi connectivity index (χ1) is 6.27. The molecule has 0 radical (unpaired) electrons. The maximum absolute atomic E-state index is 10.8. The van der Waals surface area contributed by atoms with E-state index in [9.17, 15) is 4.79 Å². The molecule has 13 heavy (non-hydrogen) atoms. The molecule has 1 atom stereocenters. The van der Waals surface area contributed by atoms with Gasteiger partial charge in [-0.25, -0.2) is 4.79 Å². The lowest BCUT2D eigenvalue weighted by Gasteiger charge is -2.08. The number of esters is 1. The van der Waals surface area contributed by atoms with Gasteiger partial charge in [0.2, 0.25) is 0 Å². The van der Waals surface area contributed by atoms with E-state index in [1.807, 2.05) is 0 Å². The SMILES string of the molecule is C=CC(=O)O[C@@H](C=C)c1ccco1. The van der Waals surface area contributed by atoms with Gasteiger partial charge in [0, 0.05) is 6.08 Å². The largest absolute Gasteiger partial charge is 0.465 e. The minimum Gasteiger partial charge on any atom is -0.465 e. The Morgan fingerprint density at radius 3 is 2.85 bits per heavy atom. The molecule has 1 heterocycles. The normalized spacial score (nSPS) is 11.7. The van der Waals surface area contributed by atoms with E-state index in [0.29, 0.717) is 5.76 Å². The summed E-state index contributed by atoms with van der Waals surface area (Å²) in [7, 11) is 0. The summed E-state index contributed by atoms with van der Waals surface area (Å²) in [6.07, 6.45) is 3.55. The van der Waals surface area contributed by atoms with E-state index < -0.39 is 12.1 Å². The third kappa shape index (κ3) is 2.33. The average Bonchev–Trinajstić information content (AvgIpc) is 2.66. The van der Waals surface area contributed by atoms with Crippen molar-refractivity contribution in [3.63, 3.8) is 0 Å². The molecule has 3 heteroatoms. The molecule has 3 nitrogen and oxygen atoms in total. The van der Waals surface area contributed by atoms with Gasteiger partial charge in [0.05, 0.1) is 6.26 Å². The van der Waals surface area contributed by atoms with Gasteiger partial charge in [0.1, 0.15) is 5.76 Å². The fraction of sp³-hybridized carbons (Fsp3) is 0.100. The van der Waals surface area contributed by atoms with E-state index in [1.54, 1.807) is 12.1 Å². The number of furan rings is 1. The first-order valence-corrected chi connectivity index (χ1v) is 3.77. The molecule has 0 bridgehead atoms. The molecule has 0 fully saturated rings. The Balaban J connectivity index is 2.69. The number of carbonyl (C=O) groups is 1. The van der Waals surface area contributed by atoms with E-state index >= 15 is 0 Å². The smallest absolute Gasteiger partial charge is 0.331 e. The maximum atomic E-state index is 10.8. The third-order valence-corrected chi connectivity index (χ3v) is 1.45. The van der Waals surface area contributed by atoms with Crippen molar-refractivity contribution in [2.75, 3.05) is 0 Å². The van der Waals surface area contributed by atoms with Gasteiger partial charge in [-0.3, -0.25) is 0 Å². The van der Waals surface area contributed by atoms with Crippen LogP contribution in [0, 0.1) is 0 Å². The van der Waals surface area contributed by atoms with Gasteiger partial charge in [0.25, 0.3) is 0 Å². The molecule has 0 saturated carbocycles. The fourth-order valence-electron chi connectivity index (χ4n) is 0.849. The van der Waals surface area contributed by atoms with E-state index in [2.05, 4.69) is 13.2 Å². The molecule has 1 rings (SSSR count). The van der Waals surface area contributed by atoms with Crippen molar-refractivity contribution in [1.82, 2.24) is 0 Å². The van der Waals surface area contributed by atoms with Crippen molar-refractivity contribution in [3.05, 3.63) is 49.5 Å². The van der Waals surface area contributed by atoms with E-state index in [-0.39, 0.29) is 0 Å². The van der Waals surface area contributed by atoms with Crippen LogP contribution < -0.4 is 0 Å². The molecule has 0 aliphatic heterocycles. The summed E-state index contributed by atoms with van der Waals surface area (Å²) >= 11 is 0.